The van der Waals surface area contributed by atoms with E-state index >= 15 is 0 Å². The maximum absolute atomic E-state index is 11.7. The predicted molar refractivity (Wildman–Crippen MR) is 69.2 cm³/mol. The van der Waals surface area contributed by atoms with E-state index in [0.29, 0.717) is 10.7 Å². The van der Waals surface area contributed by atoms with Crippen LogP contribution >= 0.6 is 23.2 Å². The number of likely N-dealkylation sites (N-methyl/N-ethyl adjacent to an activating group) is 1. The van der Waals surface area contributed by atoms with Crippen molar-refractivity contribution in [1.29, 1.82) is 0 Å². The lowest BCUT2D eigenvalue weighted by Crippen LogP contribution is -2.39. The minimum Gasteiger partial charge on any atom is -0.368 e. The number of benzene rings is 1. The van der Waals surface area contributed by atoms with Crippen molar-refractivity contribution >= 4 is 34.9 Å². The number of hydrogen-bond donors (Lipinski definition) is 2. The molecule has 4 nitrogen and oxygen atoms in total. The summed E-state index contributed by atoms with van der Waals surface area (Å²) in [5.74, 6) is 0. The molecule has 92 valence electrons. The quantitative estimate of drug-likeness (QED) is 0.833. The number of carbonyl (C=O) groups is 1. The van der Waals surface area contributed by atoms with Gasteiger partial charge in [-0.1, -0.05) is 35.8 Å². The highest BCUT2D eigenvalue weighted by Gasteiger charge is 2.18. The lowest BCUT2D eigenvalue weighted by atomic mass is 10.3. The molecule has 6 heteroatoms. The number of rotatable bonds is 3. The first-order valence-corrected chi connectivity index (χ1v) is 5.49. The first-order valence-electron chi connectivity index (χ1n) is 4.73. The third-order valence-corrected chi connectivity index (χ3v) is 2.47. The Labute approximate surface area is 109 Å². The van der Waals surface area contributed by atoms with Gasteiger partial charge in [-0.3, -0.25) is 4.90 Å². The molecule has 0 spiro atoms. The lowest BCUT2D eigenvalue weighted by molar-refractivity contribution is 0.0869. The van der Waals surface area contributed by atoms with E-state index in [1.54, 1.807) is 24.3 Å². The topological polar surface area (TPSA) is 52.6 Å². The third-order valence-electron chi connectivity index (χ3n) is 2.04. The number of halogens is 2. The maximum Gasteiger partial charge on any atom is 0.323 e. The molecule has 1 rings (SSSR count). The van der Waals surface area contributed by atoms with Crippen LogP contribution in [0.5, 0.6) is 0 Å². The zero-order valence-corrected chi connectivity index (χ0v) is 10.7. The van der Waals surface area contributed by atoms with Crippen LogP contribution in [-0.2, 0) is 0 Å². The van der Waals surface area contributed by atoms with Gasteiger partial charge in [-0.25, -0.2) is 4.79 Å². The second-order valence-corrected chi connectivity index (χ2v) is 4.29. The molecule has 17 heavy (non-hydrogen) atoms. The van der Waals surface area contributed by atoms with Gasteiger partial charge >= 0.3 is 6.03 Å². The molecule has 1 aromatic rings. The van der Waals surface area contributed by atoms with Crippen molar-refractivity contribution in [2.45, 2.75) is 6.23 Å². The number of carbonyl (C=O) groups excluding carboxylic acids is 1. The Morgan fingerprint density at radius 3 is 2.76 bits per heavy atom. The van der Waals surface area contributed by atoms with Crippen LogP contribution in [0.1, 0.15) is 0 Å². The Morgan fingerprint density at radius 2 is 2.24 bits per heavy atom. The fourth-order valence-corrected chi connectivity index (χ4v) is 1.44. The van der Waals surface area contributed by atoms with Gasteiger partial charge < -0.3 is 10.4 Å². The van der Waals surface area contributed by atoms with Crippen molar-refractivity contribution in [2.75, 3.05) is 12.4 Å². The summed E-state index contributed by atoms with van der Waals surface area (Å²) in [6.07, 6.45) is -1.24. The fourth-order valence-electron chi connectivity index (χ4n) is 1.10. The molecule has 0 saturated carbocycles. The Hall–Kier alpha value is -1.23. The molecule has 0 aliphatic rings. The van der Waals surface area contributed by atoms with Gasteiger partial charge in [0, 0.05) is 17.8 Å². The van der Waals surface area contributed by atoms with E-state index in [2.05, 4.69) is 11.9 Å². The summed E-state index contributed by atoms with van der Waals surface area (Å²) in [5, 5.41) is 12.5. The smallest absolute Gasteiger partial charge is 0.323 e. The molecule has 0 aliphatic heterocycles. The Kier molecular flexibility index (Phi) is 4.81. The molecular formula is C11H12Cl2N2O2. The van der Waals surface area contributed by atoms with Crippen molar-refractivity contribution < 1.29 is 9.90 Å². The molecule has 0 aromatic heterocycles. The second kappa shape index (κ2) is 5.91. The van der Waals surface area contributed by atoms with Crippen LogP contribution in [0.4, 0.5) is 10.5 Å². The molecule has 1 unspecified atom stereocenters. The van der Waals surface area contributed by atoms with Gasteiger partial charge in [0.15, 0.2) is 6.23 Å². The number of anilines is 1. The van der Waals surface area contributed by atoms with Crippen molar-refractivity contribution in [1.82, 2.24) is 4.90 Å². The Morgan fingerprint density at radius 1 is 1.59 bits per heavy atom. The number of aliphatic hydroxyl groups excluding tert-OH is 1. The van der Waals surface area contributed by atoms with E-state index in [1.165, 1.54) is 7.05 Å². The maximum atomic E-state index is 11.7. The van der Waals surface area contributed by atoms with E-state index in [1.807, 2.05) is 0 Å². The Balaban J connectivity index is 2.69. The van der Waals surface area contributed by atoms with Crippen LogP contribution in [-0.4, -0.2) is 29.3 Å². The van der Waals surface area contributed by atoms with Gasteiger partial charge in [-0.15, -0.1) is 0 Å². The van der Waals surface area contributed by atoms with Gasteiger partial charge in [0.2, 0.25) is 0 Å². The van der Waals surface area contributed by atoms with Crippen LogP contribution in [0, 0.1) is 0 Å². The summed E-state index contributed by atoms with van der Waals surface area (Å²) in [5.41, 5.74) is 0.529. The molecule has 0 bridgehead atoms. The highest BCUT2D eigenvalue weighted by atomic mass is 35.5. The second-order valence-electron chi connectivity index (χ2n) is 3.37. The number of urea groups is 1. The summed E-state index contributed by atoms with van der Waals surface area (Å²) in [7, 11) is 1.40. The first-order chi connectivity index (χ1) is 7.91. The highest BCUT2D eigenvalue weighted by molar-refractivity contribution is 6.31. The van der Waals surface area contributed by atoms with E-state index in [0.717, 1.165) is 4.90 Å². The molecular weight excluding hydrogens is 263 g/mol. The molecule has 1 aromatic carbocycles. The molecule has 2 amide bonds. The zero-order valence-electron chi connectivity index (χ0n) is 9.15. The average Bonchev–Trinajstić information content (AvgIpc) is 2.26. The summed E-state index contributed by atoms with van der Waals surface area (Å²) in [6, 6.07) is 6.15. The number of hydrogen-bond acceptors (Lipinski definition) is 2. The number of aliphatic hydroxyl groups is 1. The fraction of sp³-hybridized carbons (Fsp3) is 0.182. The average molecular weight is 275 g/mol. The largest absolute Gasteiger partial charge is 0.368 e. The summed E-state index contributed by atoms with van der Waals surface area (Å²) >= 11 is 11.3. The molecule has 0 radical (unpaired) electrons. The minimum absolute atomic E-state index is 0.0336. The zero-order chi connectivity index (χ0) is 13.0. The van der Waals surface area contributed by atoms with Crippen molar-refractivity contribution in [3.63, 3.8) is 0 Å². The summed E-state index contributed by atoms with van der Waals surface area (Å²) in [6.45, 7) is 3.35. The van der Waals surface area contributed by atoms with E-state index in [4.69, 9.17) is 23.2 Å². The van der Waals surface area contributed by atoms with Crippen LogP contribution in [0.2, 0.25) is 5.02 Å². The van der Waals surface area contributed by atoms with Crippen LogP contribution in [0.3, 0.4) is 0 Å². The molecule has 0 aliphatic carbocycles. The highest BCUT2D eigenvalue weighted by Crippen LogP contribution is 2.16. The van der Waals surface area contributed by atoms with Gasteiger partial charge in [-0.2, -0.15) is 0 Å². The summed E-state index contributed by atoms with van der Waals surface area (Å²) in [4.78, 5) is 12.7. The molecule has 0 fully saturated rings. The van der Waals surface area contributed by atoms with Crippen molar-refractivity contribution in [3.8, 4) is 0 Å². The van der Waals surface area contributed by atoms with E-state index < -0.39 is 12.3 Å². The van der Waals surface area contributed by atoms with E-state index in [9.17, 15) is 9.90 Å². The normalized spacial score (nSPS) is 11.8. The molecule has 0 saturated heterocycles. The van der Waals surface area contributed by atoms with Gasteiger partial charge in [0.25, 0.3) is 0 Å². The molecule has 1 atom stereocenters. The number of nitrogens with one attached hydrogen (secondary N) is 1. The van der Waals surface area contributed by atoms with Crippen LogP contribution in [0.15, 0.2) is 35.9 Å². The van der Waals surface area contributed by atoms with Crippen molar-refractivity contribution in [2.24, 2.45) is 0 Å². The SMILES string of the molecule is C=C(Cl)C(O)N(C)C(=O)Nc1cccc(Cl)c1. The third kappa shape index (κ3) is 3.93. The summed E-state index contributed by atoms with van der Waals surface area (Å²) < 4.78 is 0. The van der Waals surface area contributed by atoms with Crippen LogP contribution < -0.4 is 5.32 Å². The predicted octanol–water partition coefficient (Wildman–Crippen LogP) is 2.87. The van der Waals surface area contributed by atoms with E-state index in [-0.39, 0.29) is 5.03 Å². The van der Waals surface area contributed by atoms with Crippen LogP contribution in [0.25, 0.3) is 0 Å². The van der Waals surface area contributed by atoms with Gasteiger partial charge in [0.05, 0.1) is 5.03 Å². The minimum atomic E-state index is -1.24. The number of amides is 2. The van der Waals surface area contributed by atoms with Gasteiger partial charge in [0.1, 0.15) is 0 Å². The molecule has 2 N–H and O–H groups in total. The standard InChI is InChI=1S/C11H12Cl2N2O2/c1-7(12)10(16)15(2)11(17)14-9-5-3-4-8(13)6-9/h3-6,10,16H,1H2,2H3,(H,14,17). The van der Waals surface area contributed by atoms with Gasteiger partial charge in [-0.05, 0) is 18.2 Å². The lowest BCUT2D eigenvalue weighted by Gasteiger charge is -2.23. The Bertz CT molecular complexity index is 437. The monoisotopic (exact) mass is 274 g/mol. The number of nitrogens with zero attached hydrogens (tertiary/aromatic N) is 1. The van der Waals surface area contributed by atoms with Crippen molar-refractivity contribution in [3.05, 3.63) is 40.9 Å². The molecule has 0 heterocycles. The first kappa shape index (κ1) is 13.8.